The van der Waals surface area contributed by atoms with E-state index < -0.39 is 5.97 Å². The van der Waals surface area contributed by atoms with E-state index in [9.17, 15) is 4.79 Å². The highest BCUT2D eigenvalue weighted by Crippen LogP contribution is 2.36. The number of carbonyl (C=O) groups excluding carboxylic acids is 1. The number of methoxy groups -OCH3 is 1. The van der Waals surface area contributed by atoms with Crippen molar-refractivity contribution in [1.29, 1.82) is 0 Å². The lowest BCUT2D eigenvalue weighted by Gasteiger charge is -2.40. The lowest BCUT2D eigenvalue weighted by Crippen LogP contribution is -2.45. The molecule has 1 saturated carbocycles. The fraction of sp³-hybridized carbons (Fsp3) is 0.667. The standard InChI is InChI=1S/C12H19N3O3S/c1-3-18-11(16)8-9(13)15-19-10(8)14-7-12(17-2)5-4-6-12/h14H,3-7H2,1-2H3,(H2,13,15). The molecule has 0 spiro atoms. The molecule has 6 nitrogen and oxygen atoms in total. The van der Waals surface area contributed by atoms with Gasteiger partial charge in [0, 0.05) is 13.7 Å². The summed E-state index contributed by atoms with van der Waals surface area (Å²) in [5.41, 5.74) is 5.93. The number of anilines is 2. The van der Waals surface area contributed by atoms with Crippen LogP contribution in [0.2, 0.25) is 0 Å². The Morgan fingerprint density at radius 3 is 2.84 bits per heavy atom. The van der Waals surface area contributed by atoms with Crippen LogP contribution in [-0.2, 0) is 9.47 Å². The van der Waals surface area contributed by atoms with Crippen molar-refractivity contribution < 1.29 is 14.3 Å². The zero-order valence-corrected chi connectivity index (χ0v) is 12.0. The van der Waals surface area contributed by atoms with Gasteiger partial charge >= 0.3 is 5.97 Å². The van der Waals surface area contributed by atoms with Crippen LogP contribution in [0.25, 0.3) is 0 Å². The molecule has 3 N–H and O–H groups in total. The molecule has 1 aliphatic carbocycles. The highest BCUT2D eigenvalue weighted by Gasteiger charge is 2.37. The molecule has 2 rings (SSSR count). The minimum atomic E-state index is -0.434. The molecule has 0 bridgehead atoms. The number of carbonyl (C=O) groups is 1. The third-order valence-corrected chi connectivity index (χ3v) is 4.29. The summed E-state index contributed by atoms with van der Waals surface area (Å²) < 4.78 is 14.5. The lowest BCUT2D eigenvalue weighted by atomic mass is 9.80. The van der Waals surface area contributed by atoms with Crippen LogP contribution in [0.4, 0.5) is 10.8 Å². The predicted octanol–water partition coefficient (Wildman–Crippen LogP) is 1.88. The van der Waals surface area contributed by atoms with E-state index in [4.69, 9.17) is 15.2 Å². The molecule has 0 aliphatic heterocycles. The van der Waals surface area contributed by atoms with Gasteiger partial charge in [-0.1, -0.05) is 0 Å². The third kappa shape index (κ3) is 2.82. The van der Waals surface area contributed by atoms with Crippen molar-refractivity contribution in [1.82, 2.24) is 4.37 Å². The minimum Gasteiger partial charge on any atom is -0.462 e. The SMILES string of the molecule is CCOC(=O)c1c(N)nsc1NCC1(OC)CCC1. The van der Waals surface area contributed by atoms with E-state index in [1.54, 1.807) is 14.0 Å². The van der Waals surface area contributed by atoms with Gasteiger partial charge in [0.05, 0.1) is 12.2 Å². The number of esters is 1. The smallest absolute Gasteiger partial charge is 0.344 e. The number of hydrogen-bond donors (Lipinski definition) is 2. The monoisotopic (exact) mass is 285 g/mol. The molecule has 0 atom stereocenters. The zero-order valence-electron chi connectivity index (χ0n) is 11.2. The van der Waals surface area contributed by atoms with Gasteiger partial charge in [-0.25, -0.2) is 4.79 Å². The first-order chi connectivity index (χ1) is 9.12. The van der Waals surface area contributed by atoms with Gasteiger partial charge in [0.2, 0.25) is 0 Å². The van der Waals surface area contributed by atoms with E-state index in [1.165, 1.54) is 18.0 Å². The second kappa shape index (κ2) is 5.75. The van der Waals surface area contributed by atoms with Crippen LogP contribution in [0.1, 0.15) is 36.5 Å². The maximum absolute atomic E-state index is 11.8. The van der Waals surface area contributed by atoms with Gasteiger partial charge in [0.1, 0.15) is 10.6 Å². The number of nitrogen functional groups attached to an aromatic ring is 1. The van der Waals surface area contributed by atoms with E-state index in [2.05, 4.69) is 9.69 Å². The van der Waals surface area contributed by atoms with Gasteiger partial charge in [-0.05, 0) is 37.7 Å². The third-order valence-electron chi connectivity index (χ3n) is 3.47. The van der Waals surface area contributed by atoms with Crippen LogP contribution < -0.4 is 11.1 Å². The van der Waals surface area contributed by atoms with Crippen LogP contribution in [0.3, 0.4) is 0 Å². The van der Waals surface area contributed by atoms with Gasteiger partial charge in [0.25, 0.3) is 0 Å². The molecule has 1 aromatic rings. The van der Waals surface area contributed by atoms with Crippen molar-refractivity contribution >= 4 is 28.3 Å². The Morgan fingerprint density at radius 1 is 1.58 bits per heavy atom. The second-order valence-corrected chi connectivity index (χ2v) is 5.36. The maximum atomic E-state index is 11.8. The Morgan fingerprint density at radius 2 is 2.32 bits per heavy atom. The summed E-state index contributed by atoms with van der Waals surface area (Å²) in [5.74, 6) is -0.220. The molecule has 0 unspecified atom stereocenters. The molecule has 0 radical (unpaired) electrons. The first-order valence-corrected chi connectivity index (χ1v) is 7.10. The molecule has 1 heterocycles. The molecular formula is C12H19N3O3S. The van der Waals surface area contributed by atoms with Gasteiger partial charge in [-0.3, -0.25) is 0 Å². The highest BCUT2D eigenvalue weighted by atomic mass is 32.1. The van der Waals surface area contributed by atoms with Crippen LogP contribution >= 0.6 is 11.5 Å². The highest BCUT2D eigenvalue weighted by molar-refractivity contribution is 7.11. The van der Waals surface area contributed by atoms with Crippen molar-refractivity contribution in [2.45, 2.75) is 31.8 Å². The van der Waals surface area contributed by atoms with Crippen molar-refractivity contribution in [3.8, 4) is 0 Å². The first kappa shape index (κ1) is 14.1. The minimum absolute atomic E-state index is 0.120. The second-order valence-electron chi connectivity index (χ2n) is 4.59. The summed E-state index contributed by atoms with van der Waals surface area (Å²) >= 11 is 1.17. The van der Waals surface area contributed by atoms with E-state index in [1.807, 2.05) is 0 Å². The molecule has 19 heavy (non-hydrogen) atoms. The Labute approximate surface area is 116 Å². The molecule has 7 heteroatoms. The number of nitrogens with two attached hydrogens (primary N) is 1. The average molecular weight is 285 g/mol. The molecule has 0 saturated heterocycles. The first-order valence-electron chi connectivity index (χ1n) is 6.33. The molecule has 0 aromatic carbocycles. The Kier molecular flexibility index (Phi) is 4.26. The largest absolute Gasteiger partial charge is 0.462 e. The topological polar surface area (TPSA) is 86.5 Å². The fourth-order valence-corrected chi connectivity index (χ4v) is 2.79. The van der Waals surface area contributed by atoms with Crippen LogP contribution in [0.5, 0.6) is 0 Å². The number of ether oxygens (including phenoxy) is 2. The normalized spacial score (nSPS) is 16.7. The summed E-state index contributed by atoms with van der Waals surface area (Å²) in [6.45, 7) is 2.72. The number of hydrogen-bond acceptors (Lipinski definition) is 7. The van der Waals surface area contributed by atoms with Crippen LogP contribution in [0, 0.1) is 0 Å². The summed E-state index contributed by atoms with van der Waals surface area (Å²) in [7, 11) is 1.72. The van der Waals surface area contributed by atoms with Crippen LogP contribution in [-0.4, -0.2) is 36.2 Å². The maximum Gasteiger partial charge on any atom is 0.344 e. The van der Waals surface area contributed by atoms with E-state index in [0.717, 1.165) is 12.8 Å². The van der Waals surface area contributed by atoms with E-state index in [-0.39, 0.29) is 11.4 Å². The van der Waals surface area contributed by atoms with Gasteiger partial charge in [0.15, 0.2) is 5.82 Å². The van der Waals surface area contributed by atoms with Gasteiger partial charge < -0.3 is 20.5 Å². The Hall–Kier alpha value is -1.34. The van der Waals surface area contributed by atoms with Crippen molar-refractivity contribution in [2.24, 2.45) is 0 Å². The fourth-order valence-electron chi connectivity index (χ4n) is 2.09. The molecule has 1 aromatic heterocycles. The van der Waals surface area contributed by atoms with Crippen molar-refractivity contribution in [2.75, 3.05) is 31.3 Å². The van der Waals surface area contributed by atoms with Gasteiger partial charge in [-0.15, -0.1) is 0 Å². The summed E-state index contributed by atoms with van der Waals surface area (Å²) in [6.07, 6.45) is 3.23. The molecule has 1 fully saturated rings. The molecule has 0 amide bonds. The van der Waals surface area contributed by atoms with E-state index >= 15 is 0 Å². The average Bonchev–Trinajstić information content (AvgIpc) is 2.70. The van der Waals surface area contributed by atoms with E-state index in [0.29, 0.717) is 23.7 Å². The molecule has 1 aliphatic rings. The van der Waals surface area contributed by atoms with Crippen LogP contribution in [0.15, 0.2) is 0 Å². The number of aromatic nitrogens is 1. The number of nitrogens with zero attached hydrogens (tertiary/aromatic N) is 1. The zero-order chi connectivity index (χ0) is 13.9. The van der Waals surface area contributed by atoms with Crippen molar-refractivity contribution in [3.63, 3.8) is 0 Å². The molecular weight excluding hydrogens is 266 g/mol. The summed E-state index contributed by atoms with van der Waals surface area (Å²) in [4.78, 5) is 11.8. The lowest BCUT2D eigenvalue weighted by molar-refractivity contribution is -0.0600. The van der Waals surface area contributed by atoms with Crippen molar-refractivity contribution in [3.05, 3.63) is 5.56 Å². The Bertz CT molecular complexity index is 452. The summed E-state index contributed by atoms with van der Waals surface area (Å²) in [6, 6.07) is 0. The van der Waals surface area contributed by atoms with Gasteiger partial charge in [-0.2, -0.15) is 4.37 Å². The number of nitrogens with one attached hydrogen (secondary N) is 1. The summed E-state index contributed by atoms with van der Waals surface area (Å²) in [5, 5.41) is 3.87. The quantitative estimate of drug-likeness (QED) is 0.776. The number of rotatable bonds is 6. The predicted molar refractivity (Wildman–Crippen MR) is 74.6 cm³/mol. The Balaban J connectivity index is 2.06. The molecule has 106 valence electrons.